The quantitative estimate of drug-likeness (QED) is 0.564. The summed E-state index contributed by atoms with van der Waals surface area (Å²) in [5.41, 5.74) is 0. The third kappa shape index (κ3) is 1.66. The molecule has 1 rings (SSSR count). The average Bonchev–Trinajstić information content (AvgIpc) is 2.34. The molecule has 0 saturated carbocycles. The predicted molar refractivity (Wildman–Crippen MR) is 37.3 cm³/mol. The molecule has 0 bridgehead atoms. The lowest BCUT2D eigenvalue weighted by Crippen LogP contribution is -2.19. The standard InChI is InChI=1S/C7H15NO/c1-2-7-3-6(5-9)4-8-7/h6-9H,2-5H2,1H3/t6-,7+/m1/s1. The molecule has 0 aromatic rings. The first kappa shape index (κ1) is 7.03. The van der Waals surface area contributed by atoms with E-state index in [1.54, 1.807) is 0 Å². The normalized spacial score (nSPS) is 35.3. The number of aliphatic hydroxyl groups excluding tert-OH is 1. The number of aliphatic hydroxyl groups is 1. The Kier molecular flexibility index (Phi) is 2.49. The molecule has 1 heterocycles. The van der Waals surface area contributed by atoms with Crippen LogP contribution in [0.3, 0.4) is 0 Å². The Morgan fingerprint density at radius 2 is 2.44 bits per heavy atom. The summed E-state index contributed by atoms with van der Waals surface area (Å²) in [4.78, 5) is 0. The van der Waals surface area contributed by atoms with Crippen molar-refractivity contribution in [3.63, 3.8) is 0 Å². The summed E-state index contributed by atoms with van der Waals surface area (Å²) in [6.07, 6.45) is 2.35. The Hall–Kier alpha value is -0.0800. The van der Waals surface area contributed by atoms with E-state index in [1.807, 2.05) is 0 Å². The summed E-state index contributed by atoms with van der Waals surface area (Å²) in [6.45, 7) is 3.54. The molecule has 54 valence electrons. The second-order valence-electron chi connectivity index (χ2n) is 2.80. The Morgan fingerprint density at radius 1 is 1.67 bits per heavy atom. The molecule has 2 nitrogen and oxygen atoms in total. The van der Waals surface area contributed by atoms with E-state index in [9.17, 15) is 0 Å². The van der Waals surface area contributed by atoms with Gasteiger partial charge in [-0.2, -0.15) is 0 Å². The fourth-order valence-corrected chi connectivity index (χ4v) is 1.35. The highest BCUT2D eigenvalue weighted by Crippen LogP contribution is 2.14. The first-order valence-electron chi connectivity index (χ1n) is 3.71. The van der Waals surface area contributed by atoms with Crippen molar-refractivity contribution in [2.45, 2.75) is 25.8 Å². The zero-order chi connectivity index (χ0) is 6.69. The van der Waals surface area contributed by atoms with Gasteiger partial charge < -0.3 is 10.4 Å². The maximum Gasteiger partial charge on any atom is 0.0471 e. The maximum absolute atomic E-state index is 8.74. The zero-order valence-corrected chi connectivity index (χ0v) is 5.93. The smallest absolute Gasteiger partial charge is 0.0471 e. The van der Waals surface area contributed by atoms with Crippen LogP contribution in [0.15, 0.2) is 0 Å². The SMILES string of the molecule is CC[C@H]1C[C@@H](CO)CN1. The summed E-state index contributed by atoms with van der Waals surface area (Å²) < 4.78 is 0. The Bertz CT molecular complexity index is 75.0. The van der Waals surface area contributed by atoms with Crippen LogP contribution in [0.25, 0.3) is 0 Å². The molecule has 0 aromatic carbocycles. The fraction of sp³-hybridized carbons (Fsp3) is 1.00. The van der Waals surface area contributed by atoms with E-state index in [-0.39, 0.29) is 0 Å². The molecule has 2 heteroatoms. The molecule has 0 aromatic heterocycles. The molecule has 9 heavy (non-hydrogen) atoms. The second-order valence-corrected chi connectivity index (χ2v) is 2.80. The average molecular weight is 129 g/mol. The largest absolute Gasteiger partial charge is 0.396 e. The summed E-state index contributed by atoms with van der Waals surface area (Å²) >= 11 is 0. The molecule has 0 radical (unpaired) electrons. The van der Waals surface area contributed by atoms with Crippen LogP contribution in [0, 0.1) is 5.92 Å². The third-order valence-corrected chi connectivity index (χ3v) is 2.06. The van der Waals surface area contributed by atoms with Crippen molar-refractivity contribution in [3.8, 4) is 0 Å². The topological polar surface area (TPSA) is 32.3 Å². The molecular weight excluding hydrogens is 114 g/mol. The summed E-state index contributed by atoms with van der Waals surface area (Å²) in [7, 11) is 0. The molecule has 0 aliphatic carbocycles. The van der Waals surface area contributed by atoms with Crippen molar-refractivity contribution in [3.05, 3.63) is 0 Å². The van der Waals surface area contributed by atoms with Crippen LogP contribution < -0.4 is 5.32 Å². The number of hydrogen-bond donors (Lipinski definition) is 2. The van der Waals surface area contributed by atoms with Gasteiger partial charge in [0.25, 0.3) is 0 Å². The van der Waals surface area contributed by atoms with E-state index in [0.717, 1.165) is 13.0 Å². The van der Waals surface area contributed by atoms with Gasteiger partial charge in [-0.15, -0.1) is 0 Å². The first-order chi connectivity index (χ1) is 4.36. The van der Waals surface area contributed by atoms with E-state index >= 15 is 0 Å². The number of hydrogen-bond acceptors (Lipinski definition) is 2. The van der Waals surface area contributed by atoms with Crippen LogP contribution in [0.2, 0.25) is 0 Å². The van der Waals surface area contributed by atoms with Gasteiger partial charge in [-0.25, -0.2) is 0 Å². The second kappa shape index (κ2) is 3.18. The lowest BCUT2D eigenvalue weighted by atomic mass is 10.1. The van der Waals surface area contributed by atoms with Crippen molar-refractivity contribution in [2.75, 3.05) is 13.2 Å². The van der Waals surface area contributed by atoms with Crippen molar-refractivity contribution in [1.82, 2.24) is 5.32 Å². The molecule has 1 saturated heterocycles. The van der Waals surface area contributed by atoms with Crippen LogP contribution in [-0.2, 0) is 0 Å². The van der Waals surface area contributed by atoms with Gasteiger partial charge in [-0.1, -0.05) is 6.92 Å². The molecule has 0 amide bonds. The lowest BCUT2D eigenvalue weighted by molar-refractivity contribution is 0.235. The number of rotatable bonds is 2. The van der Waals surface area contributed by atoms with Crippen molar-refractivity contribution in [2.24, 2.45) is 5.92 Å². The van der Waals surface area contributed by atoms with Gasteiger partial charge in [0.2, 0.25) is 0 Å². The van der Waals surface area contributed by atoms with Crippen LogP contribution >= 0.6 is 0 Å². The molecule has 1 fully saturated rings. The molecule has 2 N–H and O–H groups in total. The van der Waals surface area contributed by atoms with Crippen molar-refractivity contribution < 1.29 is 5.11 Å². The van der Waals surface area contributed by atoms with Crippen LogP contribution in [-0.4, -0.2) is 24.3 Å². The van der Waals surface area contributed by atoms with Crippen molar-refractivity contribution >= 4 is 0 Å². The minimum Gasteiger partial charge on any atom is -0.396 e. The summed E-state index contributed by atoms with van der Waals surface area (Å²) in [6, 6.07) is 0.669. The van der Waals surface area contributed by atoms with Crippen molar-refractivity contribution in [1.29, 1.82) is 0 Å². The Labute approximate surface area is 56.3 Å². The van der Waals surface area contributed by atoms with E-state index in [1.165, 1.54) is 6.42 Å². The highest BCUT2D eigenvalue weighted by atomic mass is 16.3. The lowest BCUT2D eigenvalue weighted by Gasteiger charge is -2.03. The van der Waals surface area contributed by atoms with E-state index in [0.29, 0.717) is 18.6 Å². The number of nitrogens with one attached hydrogen (secondary N) is 1. The molecule has 2 atom stereocenters. The first-order valence-corrected chi connectivity index (χ1v) is 3.71. The van der Waals surface area contributed by atoms with Gasteiger partial charge >= 0.3 is 0 Å². The molecule has 1 aliphatic heterocycles. The highest BCUT2D eigenvalue weighted by Gasteiger charge is 2.20. The van der Waals surface area contributed by atoms with Gasteiger partial charge in [0.15, 0.2) is 0 Å². The van der Waals surface area contributed by atoms with Gasteiger partial charge in [0.1, 0.15) is 0 Å². The molecule has 1 aliphatic rings. The highest BCUT2D eigenvalue weighted by molar-refractivity contribution is 4.79. The van der Waals surface area contributed by atoms with E-state index < -0.39 is 0 Å². The van der Waals surface area contributed by atoms with Gasteiger partial charge in [0, 0.05) is 19.2 Å². The monoisotopic (exact) mass is 129 g/mol. The minimum atomic E-state index is 0.351. The summed E-state index contributed by atoms with van der Waals surface area (Å²) in [5, 5.41) is 12.1. The molecule has 0 unspecified atom stereocenters. The fourth-order valence-electron chi connectivity index (χ4n) is 1.35. The third-order valence-electron chi connectivity index (χ3n) is 2.06. The van der Waals surface area contributed by atoms with Gasteiger partial charge in [-0.05, 0) is 18.8 Å². The van der Waals surface area contributed by atoms with E-state index in [2.05, 4.69) is 12.2 Å². The maximum atomic E-state index is 8.74. The predicted octanol–water partition coefficient (Wildman–Crippen LogP) is 0.367. The molecule has 0 spiro atoms. The Balaban J connectivity index is 2.20. The van der Waals surface area contributed by atoms with E-state index in [4.69, 9.17) is 5.11 Å². The van der Waals surface area contributed by atoms with Crippen LogP contribution in [0.4, 0.5) is 0 Å². The molecular formula is C7H15NO. The zero-order valence-electron chi connectivity index (χ0n) is 5.93. The Morgan fingerprint density at radius 3 is 2.78 bits per heavy atom. The van der Waals surface area contributed by atoms with Gasteiger partial charge in [0.05, 0.1) is 0 Å². The minimum absolute atomic E-state index is 0.351. The van der Waals surface area contributed by atoms with Crippen LogP contribution in [0.5, 0.6) is 0 Å². The van der Waals surface area contributed by atoms with Crippen LogP contribution in [0.1, 0.15) is 19.8 Å². The van der Waals surface area contributed by atoms with Gasteiger partial charge in [-0.3, -0.25) is 0 Å². The summed E-state index contributed by atoms with van der Waals surface area (Å²) in [5.74, 6) is 0.523.